The minimum absolute atomic E-state index is 0.0485. The summed E-state index contributed by atoms with van der Waals surface area (Å²) in [6, 6.07) is 12.0. The molecule has 3 aromatic rings. The van der Waals surface area contributed by atoms with Gasteiger partial charge in [-0.2, -0.15) is 0 Å². The van der Waals surface area contributed by atoms with Crippen LogP contribution in [0.1, 0.15) is 41.6 Å². The predicted octanol–water partition coefficient (Wildman–Crippen LogP) is 5.13. The van der Waals surface area contributed by atoms with Crippen LogP contribution in [0.4, 0.5) is 4.39 Å². The van der Waals surface area contributed by atoms with Crippen LogP contribution in [0.3, 0.4) is 0 Å². The van der Waals surface area contributed by atoms with Gasteiger partial charge in [-0.25, -0.2) is 9.37 Å². The third-order valence-corrected chi connectivity index (χ3v) is 6.17. The lowest BCUT2D eigenvalue weighted by Gasteiger charge is -2.17. The topological polar surface area (TPSA) is 76.1 Å². The van der Waals surface area contributed by atoms with Crippen molar-refractivity contribution in [2.75, 3.05) is 20.8 Å². The van der Waals surface area contributed by atoms with E-state index in [4.69, 9.17) is 23.7 Å². The fourth-order valence-corrected chi connectivity index (χ4v) is 4.50. The molecule has 0 N–H and O–H groups in total. The highest BCUT2D eigenvalue weighted by Crippen LogP contribution is 2.44. The first-order chi connectivity index (χ1) is 16.6. The molecule has 0 radical (unpaired) electrons. The predicted molar refractivity (Wildman–Crippen MR) is 120 cm³/mol. The first-order valence-electron chi connectivity index (χ1n) is 11.0. The van der Waals surface area contributed by atoms with Gasteiger partial charge in [0.1, 0.15) is 34.9 Å². The highest BCUT2D eigenvalue weighted by Gasteiger charge is 2.32. The number of hydrogen-bond donors (Lipinski definition) is 0. The SMILES string of the molecule is COC(=O)CC1COc2cc(OC3CCc4c(Oc5ccnc(OC)c5)ccc(F)c43)ccc21. The Morgan fingerprint density at radius 2 is 2.03 bits per heavy atom. The minimum Gasteiger partial charge on any atom is -0.492 e. The summed E-state index contributed by atoms with van der Waals surface area (Å²) < 4.78 is 42.8. The van der Waals surface area contributed by atoms with Gasteiger partial charge >= 0.3 is 5.97 Å². The summed E-state index contributed by atoms with van der Waals surface area (Å²) in [5, 5.41) is 0. The molecule has 1 aromatic heterocycles. The van der Waals surface area contributed by atoms with Crippen LogP contribution >= 0.6 is 0 Å². The van der Waals surface area contributed by atoms with Crippen LogP contribution in [0.15, 0.2) is 48.7 Å². The molecule has 0 fully saturated rings. The normalized spacial score (nSPS) is 18.0. The Hall–Kier alpha value is -3.81. The molecule has 1 aliphatic carbocycles. The second-order valence-electron chi connectivity index (χ2n) is 8.21. The van der Waals surface area contributed by atoms with Crippen LogP contribution in [-0.4, -0.2) is 31.8 Å². The van der Waals surface area contributed by atoms with Crippen molar-refractivity contribution < 1.29 is 32.9 Å². The van der Waals surface area contributed by atoms with Crippen molar-refractivity contribution in [2.24, 2.45) is 0 Å². The second kappa shape index (κ2) is 9.21. The Bertz CT molecular complexity index is 1230. The van der Waals surface area contributed by atoms with E-state index in [2.05, 4.69) is 4.98 Å². The summed E-state index contributed by atoms with van der Waals surface area (Å²) >= 11 is 0. The number of fused-ring (bicyclic) bond motifs is 2. The number of carbonyl (C=O) groups is 1. The van der Waals surface area contributed by atoms with Crippen molar-refractivity contribution in [3.8, 4) is 28.9 Å². The van der Waals surface area contributed by atoms with Crippen LogP contribution in [0, 0.1) is 5.82 Å². The van der Waals surface area contributed by atoms with E-state index in [0.29, 0.717) is 53.9 Å². The van der Waals surface area contributed by atoms with Crippen molar-refractivity contribution in [1.29, 1.82) is 0 Å². The summed E-state index contributed by atoms with van der Waals surface area (Å²) in [6.07, 6.45) is 2.65. The van der Waals surface area contributed by atoms with Gasteiger partial charge in [0, 0.05) is 40.9 Å². The molecule has 0 spiro atoms. The average Bonchev–Trinajstić information content (AvgIpc) is 3.46. The van der Waals surface area contributed by atoms with E-state index < -0.39 is 6.10 Å². The first kappa shape index (κ1) is 22.0. The van der Waals surface area contributed by atoms with Crippen molar-refractivity contribution in [3.05, 3.63) is 71.2 Å². The number of esters is 1. The van der Waals surface area contributed by atoms with Gasteiger partial charge in [-0.1, -0.05) is 6.07 Å². The van der Waals surface area contributed by atoms with Gasteiger partial charge in [-0.15, -0.1) is 0 Å². The lowest BCUT2D eigenvalue weighted by molar-refractivity contribution is -0.141. The molecule has 5 rings (SSSR count). The van der Waals surface area contributed by atoms with Crippen LogP contribution in [0.5, 0.6) is 28.9 Å². The van der Waals surface area contributed by atoms with Crippen molar-refractivity contribution >= 4 is 5.97 Å². The molecule has 7 nitrogen and oxygen atoms in total. The number of benzene rings is 2. The van der Waals surface area contributed by atoms with Crippen LogP contribution < -0.4 is 18.9 Å². The van der Waals surface area contributed by atoms with E-state index in [9.17, 15) is 9.18 Å². The zero-order chi connectivity index (χ0) is 23.7. The van der Waals surface area contributed by atoms with Crippen molar-refractivity contribution in [2.45, 2.75) is 31.3 Å². The van der Waals surface area contributed by atoms with E-state index in [1.807, 2.05) is 12.1 Å². The zero-order valence-corrected chi connectivity index (χ0v) is 18.9. The number of nitrogens with zero attached hydrogens (tertiary/aromatic N) is 1. The van der Waals surface area contributed by atoms with Gasteiger partial charge in [0.2, 0.25) is 5.88 Å². The number of rotatable bonds is 7. The lowest BCUT2D eigenvalue weighted by Crippen LogP contribution is -2.09. The highest BCUT2D eigenvalue weighted by atomic mass is 19.1. The van der Waals surface area contributed by atoms with Crippen LogP contribution in [0.25, 0.3) is 0 Å². The van der Waals surface area contributed by atoms with E-state index in [-0.39, 0.29) is 24.1 Å². The van der Waals surface area contributed by atoms with Gasteiger partial charge < -0.3 is 23.7 Å². The number of pyridine rings is 1. The molecule has 0 amide bonds. The maximum absolute atomic E-state index is 14.9. The molecule has 34 heavy (non-hydrogen) atoms. The van der Waals surface area contributed by atoms with E-state index >= 15 is 0 Å². The first-order valence-corrected chi connectivity index (χ1v) is 11.0. The maximum Gasteiger partial charge on any atom is 0.306 e. The molecule has 176 valence electrons. The van der Waals surface area contributed by atoms with Crippen LogP contribution in [0.2, 0.25) is 0 Å². The lowest BCUT2D eigenvalue weighted by atomic mass is 9.98. The molecule has 8 heteroatoms. The Morgan fingerprint density at radius 3 is 2.85 bits per heavy atom. The zero-order valence-electron chi connectivity index (χ0n) is 18.9. The number of ether oxygens (including phenoxy) is 5. The maximum atomic E-state index is 14.9. The van der Waals surface area contributed by atoms with Gasteiger partial charge in [-0.05, 0) is 37.1 Å². The largest absolute Gasteiger partial charge is 0.492 e. The van der Waals surface area contributed by atoms with Gasteiger partial charge in [-0.3, -0.25) is 4.79 Å². The molecule has 0 saturated carbocycles. The second-order valence-corrected chi connectivity index (χ2v) is 8.21. The Morgan fingerprint density at radius 1 is 1.15 bits per heavy atom. The number of hydrogen-bond acceptors (Lipinski definition) is 7. The quantitative estimate of drug-likeness (QED) is 0.448. The fourth-order valence-electron chi connectivity index (χ4n) is 4.50. The van der Waals surface area contributed by atoms with E-state index in [0.717, 1.165) is 11.1 Å². The van der Waals surface area contributed by atoms with E-state index in [1.165, 1.54) is 20.3 Å². The molecule has 2 aliphatic rings. The monoisotopic (exact) mass is 465 g/mol. The molecule has 2 atom stereocenters. The van der Waals surface area contributed by atoms with Crippen molar-refractivity contribution in [3.63, 3.8) is 0 Å². The Kier molecular flexibility index (Phi) is 5.96. The molecule has 0 bridgehead atoms. The molecule has 1 aliphatic heterocycles. The standard InChI is InChI=1S/C26H24FNO6/c1-30-24-13-17(9-10-28-24)33-21-8-6-20(27)26-19(21)5-7-22(26)34-16-3-4-18-15(11-25(29)31-2)14-32-23(18)12-16/h3-4,6,8-10,12-13,15,22H,5,7,11,14H2,1-2H3. The number of aromatic nitrogens is 1. The van der Waals surface area contributed by atoms with Gasteiger partial charge in [0.25, 0.3) is 0 Å². The molecule has 2 aromatic carbocycles. The number of methoxy groups -OCH3 is 2. The fraction of sp³-hybridized carbons (Fsp3) is 0.308. The number of halogens is 1. The molecule has 2 unspecified atom stereocenters. The van der Waals surface area contributed by atoms with E-state index in [1.54, 1.807) is 30.5 Å². The minimum atomic E-state index is -0.448. The summed E-state index contributed by atoms with van der Waals surface area (Å²) in [5.74, 6) is 2.18. The van der Waals surface area contributed by atoms with Gasteiger partial charge in [0.05, 0.1) is 27.2 Å². The Labute approximate surface area is 196 Å². The smallest absolute Gasteiger partial charge is 0.306 e. The third-order valence-electron chi connectivity index (χ3n) is 6.17. The molecular weight excluding hydrogens is 441 g/mol. The number of carbonyl (C=O) groups excluding carboxylic acids is 1. The summed E-state index contributed by atoms with van der Waals surface area (Å²) in [5.41, 5.74) is 2.24. The summed E-state index contributed by atoms with van der Waals surface area (Å²) in [6.45, 7) is 0.412. The Balaban J connectivity index is 1.35. The summed E-state index contributed by atoms with van der Waals surface area (Å²) in [7, 11) is 2.91. The summed E-state index contributed by atoms with van der Waals surface area (Å²) in [4.78, 5) is 15.7. The van der Waals surface area contributed by atoms with Gasteiger partial charge in [0.15, 0.2) is 0 Å². The third kappa shape index (κ3) is 4.23. The van der Waals surface area contributed by atoms with Crippen LogP contribution in [-0.2, 0) is 16.0 Å². The molecule has 0 saturated heterocycles. The molecule has 2 heterocycles. The average molecular weight is 465 g/mol. The molecular formula is C26H24FNO6. The highest BCUT2D eigenvalue weighted by molar-refractivity contribution is 5.71. The van der Waals surface area contributed by atoms with Crippen molar-refractivity contribution in [1.82, 2.24) is 4.98 Å².